The Bertz CT molecular complexity index is 627. The summed E-state index contributed by atoms with van der Waals surface area (Å²) in [5.74, 6) is 1.44. The van der Waals surface area contributed by atoms with Crippen molar-refractivity contribution < 1.29 is 9.47 Å². The topological polar surface area (TPSA) is 18.5 Å². The molecule has 108 valence electrons. The van der Waals surface area contributed by atoms with Gasteiger partial charge in [-0.15, -0.1) is 6.58 Å². The van der Waals surface area contributed by atoms with Crippen LogP contribution in [0.2, 0.25) is 0 Å². The second-order valence-electron chi connectivity index (χ2n) is 4.76. The summed E-state index contributed by atoms with van der Waals surface area (Å²) in [6, 6.07) is 16.0. The summed E-state index contributed by atoms with van der Waals surface area (Å²) in [5.41, 5.74) is 3.35. The fraction of sp³-hybridized carbons (Fsp3) is 0.158. The van der Waals surface area contributed by atoms with E-state index >= 15 is 0 Å². The van der Waals surface area contributed by atoms with Crippen molar-refractivity contribution in [2.24, 2.45) is 0 Å². The van der Waals surface area contributed by atoms with E-state index in [1.807, 2.05) is 49.4 Å². The first-order chi connectivity index (χ1) is 10.2. The lowest BCUT2D eigenvalue weighted by Crippen LogP contribution is -1.93. The first-order valence-corrected chi connectivity index (χ1v) is 6.91. The summed E-state index contributed by atoms with van der Waals surface area (Å²) in [5, 5.41) is 0. The van der Waals surface area contributed by atoms with Crippen LogP contribution in [0.3, 0.4) is 0 Å². The van der Waals surface area contributed by atoms with E-state index in [1.54, 1.807) is 13.4 Å². The molecule has 0 aliphatic rings. The van der Waals surface area contributed by atoms with Crippen LogP contribution in [0, 0.1) is 0 Å². The van der Waals surface area contributed by atoms with Gasteiger partial charge in [-0.1, -0.05) is 42.5 Å². The van der Waals surface area contributed by atoms with Crippen molar-refractivity contribution in [1.29, 1.82) is 0 Å². The lowest BCUT2D eigenvalue weighted by molar-refractivity contribution is 0.378. The summed E-state index contributed by atoms with van der Waals surface area (Å²) < 4.78 is 11.1. The fourth-order valence-corrected chi connectivity index (χ4v) is 2.02. The Morgan fingerprint density at radius 2 is 1.86 bits per heavy atom. The van der Waals surface area contributed by atoms with Gasteiger partial charge in [-0.2, -0.15) is 0 Å². The Morgan fingerprint density at radius 1 is 1.10 bits per heavy atom. The Hall–Kier alpha value is -2.48. The van der Waals surface area contributed by atoms with E-state index in [-0.39, 0.29) is 0 Å². The third-order valence-electron chi connectivity index (χ3n) is 3.20. The van der Waals surface area contributed by atoms with E-state index < -0.39 is 0 Å². The minimum Gasteiger partial charge on any atom is -0.493 e. The molecular weight excluding hydrogens is 260 g/mol. The van der Waals surface area contributed by atoms with Crippen LogP contribution in [0.4, 0.5) is 0 Å². The van der Waals surface area contributed by atoms with Crippen LogP contribution < -0.4 is 9.47 Å². The first kappa shape index (κ1) is 14.9. The molecule has 0 unspecified atom stereocenters. The van der Waals surface area contributed by atoms with Crippen LogP contribution in [0.1, 0.15) is 18.1 Å². The molecule has 21 heavy (non-hydrogen) atoms. The van der Waals surface area contributed by atoms with Crippen LogP contribution in [-0.2, 0) is 6.42 Å². The highest BCUT2D eigenvalue weighted by molar-refractivity contribution is 5.63. The molecule has 2 aromatic carbocycles. The Labute approximate surface area is 126 Å². The predicted octanol–water partition coefficient (Wildman–Crippen LogP) is 4.86. The minimum absolute atomic E-state index is 0.709. The zero-order valence-corrected chi connectivity index (χ0v) is 12.5. The maximum absolute atomic E-state index is 5.76. The molecule has 2 rings (SSSR count). The molecule has 0 fully saturated rings. The van der Waals surface area contributed by atoms with Crippen LogP contribution in [0.5, 0.6) is 11.5 Å². The quantitative estimate of drug-likeness (QED) is 0.555. The molecule has 0 N–H and O–H groups in total. The minimum atomic E-state index is 0.709. The molecule has 0 amide bonds. The number of benzene rings is 2. The standard InChI is InChI=1S/C19H20O2/c1-4-8-16-11-12-18(19(13-16)20-3)21-14-15(2)17-9-6-5-7-10-17/h4-7,9-14H,1,8H2,2-3H3. The van der Waals surface area contributed by atoms with E-state index in [9.17, 15) is 0 Å². The Morgan fingerprint density at radius 3 is 2.52 bits per heavy atom. The summed E-state index contributed by atoms with van der Waals surface area (Å²) in [6.45, 7) is 5.77. The number of rotatable bonds is 6. The highest BCUT2D eigenvalue weighted by Crippen LogP contribution is 2.29. The van der Waals surface area contributed by atoms with Crippen LogP contribution in [-0.4, -0.2) is 7.11 Å². The number of allylic oxidation sites excluding steroid dienone is 2. The monoisotopic (exact) mass is 280 g/mol. The Balaban J connectivity index is 2.17. The largest absolute Gasteiger partial charge is 0.493 e. The molecule has 0 radical (unpaired) electrons. The van der Waals surface area contributed by atoms with Crippen molar-refractivity contribution in [3.05, 3.63) is 78.6 Å². The molecule has 0 saturated heterocycles. The lowest BCUT2D eigenvalue weighted by atomic mass is 10.1. The number of methoxy groups -OCH3 is 1. The van der Waals surface area contributed by atoms with Crippen molar-refractivity contribution in [2.75, 3.05) is 7.11 Å². The highest BCUT2D eigenvalue weighted by atomic mass is 16.5. The predicted molar refractivity (Wildman–Crippen MR) is 87.6 cm³/mol. The molecule has 0 atom stereocenters. The summed E-state index contributed by atoms with van der Waals surface area (Å²) >= 11 is 0. The normalized spacial score (nSPS) is 11.0. The fourth-order valence-electron chi connectivity index (χ4n) is 2.02. The van der Waals surface area contributed by atoms with Gasteiger partial charge in [-0.25, -0.2) is 0 Å². The summed E-state index contributed by atoms with van der Waals surface area (Å²) in [4.78, 5) is 0. The van der Waals surface area contributed by atoms with Gasteiger partial charge in [0.1, 0.15) is 0 Å². The van der Waals surface area contributed by atoms with E-state index in [2.05, 4.69) is 18.7 Å². The van der Waals surface area contributed by atoms with Gasteiger partial charge < -0.3 is 9.47 Å². The van der Waals surface area contributed by atoms with Crippen LogP contribution in [0.25, 0.3) is 5.57 Å². The van der Waals surface area contributed by atoms with Gasteiger partial charge in [0, 0.05) is 0 Å². The molecule has 0 heterocycles. The molecule has 0 aromatic heterocycles. The molecule has 2 nitrogen and oxygen atoms in total. The van der Waals surface area contributed by atoms with Crippen LogP contribution >= 0.6 is 0 Å². The molecule has 0 aliphatic carbocycles. The van der Waals surface area contributed by atoms with E-state index in [0.29, 0.717) is 5.75 Å². The van der Waals surface area contributed by atoms with Crippen molar-refractivity contribution in [3.63, 3.8) is 0 Å². The van der Waals surface area contributed by atoms with Gasteiger partial charge in [0.2, 0.25) is 0 Å². The van der Waals surface area contributed by atoms with Gasteiger partial charge >= 0.3 is 0 Å². The van der Waals surface area contributed by atoms with E-state index in [1.165, 1.54) is 0 Å². The van der Waals surface area contributed by atoms with Gasteiger partial charge in [0.15, 0.2) is 11.5 Å². The third kappa shape index (κ3) is 3.99. The average Bonchev–Trinajstić information content (AvgIpc) is 2.54. The summed E-state index contributed by atoms with van der Waals surface area (Å²) in [6.07, 6.45) is 4.44. The zero-order chi connectivity index (χ0) is 15.1. The molecule has 2 heteroatoms. The lowest BCUT2D eigenvalue weighted by Gasteiger charge is -2.10. The molecular formula is C19H20O2. The first-order valence-electron chi connectivity index (χ1n) is 6.91. The highest BCUT2D eigenvalue weighted by Gasteiger charge is 2.05. The van der Waals surface area contributed by atoms with Gasteiger partial charge in [0.05, 0.1) is 13.4 Å². The third-order valence-corrected chi connectivity index (χ3v) is 3.20. The summed E-state index contributed by atoms with van der Waals surface area (Å²) in [7, 11) is 1.65. The van der Waals surface area contributed by atoms with Gasteiger partial charge in [0.25, 0.3) is 0 Å². The van der Waals surface area contributed by atoms with Crippen molar-refractivity contribution >= 4 is 5.57 Å². The average molecular weight is 280 g/mol. The molecule has 2 aromatic rings. The Kier molecular flexibility index (Phi) is 5.22. The number of hydrogen-bond acceptors (Lipinski definition) is 2. The van der Waals surface area contributed by atoms with Crippen molar-refractivity contribution in [1.82, 2.24) is 0 Å². The SMILES string of the molecule is C=CCc1ccc(OC=C(C)c2ccccc2)c(OC)c1. The van der Waals surface area contributed by atoms with Crippen molar-refractivity contribution in [2.45, 2.75) is 13.3 Å². The van der Waals surface area contributed by atoms with Crippen LogP contribution in [0.15, 0.2) is 67.4 Å². The zero-order valence-electron chi connectivity index (χ0n) is 12.5. The molecule has 0 bridgehead atoms. The second kappa shape index (κ2) is 7.34. The molecule has 0 aliphatic heterocycles. The maximum Gasteiger partial charge on any atom is 0.168 e. The number of ether oxygens (including phenoxy) is 2. The smallest absolute Gasteiger partial charge is 0.168 e. The van der Waals surface area contributed by atoms with Gasteiger partial charge in [-0.3, -0.25) is 0 Å². The maximum atomic E-state index is 5.76. The molecule has 0 spiro atoms. The number of hydrogen-bond donors (Lipinski definition) is 0. The van der Waals surface area contributed by atoms with Crippen molar-refractivity contribution in [3.8, 4) is 11.5 Å². The second-order valence-corrected chi connectivity index (χ2v) is 4.76. The van der Waals surface area contributed by atoms with E-state index in [0.717, 1.165) is 28.9 Å². The van der Waals surface area contributed by atoms with E-state index in [4.69, 9.17) is 9.47 Å². The molecule has 0 saturated carbocycles. The van der Waals surface area contributed by atoms with Gasteiger partial charge in [-0.05, 0) is 42.2 Å².